The van der Waals surface area contributed by atoms with Gasteiger partial charge in [0.25, 0.3) is 0 Å². The Morgan fingerprint density at radius 3 is 3.00 bits per heavy atom. The lowest BCUT2D eigenvalue weighted by molar-refractivity contribution is 0.0744. The molecule has 2 N–H and O–H groups in total. The number of carbonyl (C=O) groups excluding carboxylic acids is 1. The third-order valence-electron chi connectivity index (χ3n) is 3.39. The van der Waals surface area contributed by atoms with Gasteiger partial charge in [0.15, 0.2) is 0 Å². The van der Waals surface area contributed by atoms with Gasteiger partial charge in [0.1, 0.15) is 6.61 Å². The average molecular weight is 287 g/mol. The molecular formula is C14H23ClN2O2. The molecule has 1 fully saturated rings. The van der Waals surface area contributed by atoms with E-state index in [9.17, 15) is 4.79 Å². The molecule has 0 amide bonds. The van der Waals surface area contributed by atoms with Crippen molar-refractivity contribution < 1.29 is 9.53 Å². The largest absolute Gasteiger partial charge is 0.373 e. The van der Waals surface area contributed by atoms with Gasteiger partial charge in [-0.2, -0.15) is 0 Å². The highest BCUT2D eigenvalue weighted by Gasteiger charge is 2.12. The minimum atomic E-state index is 0. The first-order valence-corrected chi connectivity index (χ1v) is 6.84. The van der Waals surface area contributed by atoms with E-state index in [0.29, 0.717) is 18.3 Å². The van der Waals surface area contributed by atoms with Crippen molar-refractivity contribution in [1.29, 1.82) is 0 Å². The third-order valence-corrected chi connectivity index (χ3v) is 3.39. The number of rotatable bonds is 7. The average Bonchev–Trinajstić information content (AvgIpc) is 2.93. The normalized spacial score (nSPS) is 18.8. The molecule has 19 heavy (non-hydrogen) atoms. The van der Waals surface area contributed by atoms with Gasteiger partial charge in [-0.25, -0.2) is 0 Å². The summed E-state index contributed by atoms with van der Waals surface area (Å²) in [5.41, 5.74) is 0.629. The first-order valence-electron chi connectivity index (χ1n) is 6.84. The first kappa shape index (κ1) is 16.2. The lowest BCUT2D eigenvalue weighted by atomic mass is 10.0. The SMILES string of the molecule is Cl.O=C(COCCCC1CCCCN1)c1ccc[nH]1. The molecule has 2 rings (SSSR count). The van der Waals surface area contributed by atoms with E-state index in [0.717, 1.165) is 19.4 Å². The van der Waals surface area contributed by atoms with Crippen LogP contribution in [0.4, 0.5) is 0 Å². The molecule has 1 atom stereocenters. The zero-order valence-corrected chi connectivity index (χ0v) is 12.0. The molecule has 2 heterocycles. The molecule has 1 unspecified atom stereocenters. The monoisotopic (exact) mass is 286 g/mol. The van der Waals surface area contributed by atoms with Gasteiger partial charge in [0.2, 0.25) is 5.78 Å². The minimum Gasteiger partial charge on any atom is -0.373 e. The zero-order chi connectivity index (χ0) is 12.6. The van der Waals surface area contributed by atoms with E-state index < -0.39 is 0 Å². The molecule has 1 aliphatic rings. The van der Waals surface area contributed by atoms with Crippen LogP contribution in [0.3, 0.4) is 0 Å². The Labute approximate surface area is 120 Å². The highest BCUT2D eigenvalue weighted by atomic mass is 35.5. The number of hydrogen-bond donors (Lipinski definition) is 2. The van der Waals surface area contributed by atoms with Gasteiger partial charge in [-0.3, -0.25) is 4.79 Å². The number of hydrogen-bond acceptors (Lipinski definition) is 3. The molecule has 108 valence electrons. The maximum absolute atomic E-state index is 11.6. The second-order valence-electron chi connectivity index (χ2n) is 4.85. The minimum absolute atomic E-state index is 0. The molecule has 1 aliphatic heterocycles. The predicted octanol–water partition coefficient (Wildman–Crippen LogP) is 2.56. The van der Waals surface area contributed by atoms with Crippen molar-refractivity contribution in [3.05, 3.63) is 24.0 Å². The molecule has 0 aromatic carbocycles. The topological polar surface area (TPSA) is 54.1 Å². The highest BCUT2D eigenvalue weighted by molar-refractivity contribution is 5.95. The Morgan fingerprint density at radius 1 is 1.42 bits per heavy atom. The molecule has 0 saturated carbocycles. The number of halogens is 1. The number of Topliss-reactive ketones (excluding diaryl/α,β-unsaturated/α-hetero) is 1. The number of aromatic amines is 1. The van der Waals surface area contributed by atoms with Crippen LogP contribution < -0.4 is 5.32 Å². The summed E-state index contributed by atoms with van der Waals surface area (Å²) in [7, 11) is 0. The van der Waals surface area contributed by atoms with E-state index in [1.807, 2.05) is 6.07 Å². The standard InChI is InChI=1S/C14H22N2O2.ClH/c17-14(13-7-3-9-16-13)11-18-10-4-6-12-5-1-2-8-15-12;/h3,7,9,12,15-16H,1-2,4-6,8,10-11H2;1H. The summed E-state index contributed by atoms with van der Waals surface area (Å²) in [5, 5.41) is 3.51. The zero-order valence-electron chi connectivity index (χ0n) is 11.2. The van der Waals surface area contributed by atoms with Crippen LogP contribution in [0.1, 0.15) is 42.6 Å². The van der Waals surface area contributed by atoms with Crippen molar-refractivity contribution >= 4 is 18.2 Å². The molecule has 0 aliphatic carbocycles. The van der Waals surface area contributed by atoms with Gasteiger partial charge in [-0.05, 0) is 44.4 Å². The smallest absolute Gasteiger partial charge is 0.204 e. The first-order chi connectivity index (χ1) is 8.86. The number of piperidine rings is 1. The molecule has 1 saturated heterocycles. The van der Waals surface area contributed by atoms with Gasteiger partial charge in [-0.15, -0.1) is 12.4 Å². The van der Waals surface area contributed by atoms with Crippen molar-refractivity contribution in [3.8, 4) is 0 Å². The summed E-state index contributed by atoms with van der Waals surface area (Å²) in [4.78, 5) is 14.5. The summed E-state index contributed by atoms with van der Waals surface area (Å²) < 4.78 is 5.41. The molecule has 5 heteroatoms. The molecule has 4 nitrogen and oxygen atoms in total. The Kier molecular flexibility index (Phi) is 7.79. The number of nitrogens with one attached hydrogen (secondary N) is 2. The lowest BCUT2D eigenvalue weighted by Crippen LogP contribution is -2.34. The Balaban J connectivity index is 0.00000180. The molecule has 0 bridgehead atoms. The third kappa shape index (κ3) is 5.76. The lowest BCUT2D eigenvalue weighted by Gasteiger charge is -2.23. The summed E-state index contributed by atoms with van der Waals surface area (Å²) in [5.74, 6) is 0.0239. The van der Waals surface area contributed by atoms with Crippen molar-refractivity contribution in [2.75, 3.05) is 19.8 Å². The summed E-state index contributed by atoms with van der Waals surface area (Å²) in [6.07, 6.45) is 7.84. The predicted molar refractivity (Wildman–Crippen MR) is 78.1 cm³/mol. The molecule has 0 spiro atoms. The van der Waals surface area contributed by atoms with Crippen LogP contribution in [0.15, 0.2) is 18.3 Å². The summed E-state index contributed by atoms with van der Waals surface area (Å²) in [6, 6.07) is 4.25. The van der Waals surface area contributed by atoms with E-state index in [1.54, 1.807) is 12.3 Å². The number of ketones is 1. The number of ether oxygens (including phenoxy) is 1. The van der Waals surface area contributed by atoms with Crippen molar-refractivity contribution in [1.82, 2.24) is 10.3 Å². The van der Waals surface area contributed by atoms with Gasteiger partial charge >= 0.3 is 0 Å². The second kappa shape index (κ2) is 9.13. The van der Waals surface area contributed by atoms with Crippen LogP contribution in [0.2, 0.25) is 0 Å². The number of H-pyrrole nitrogens is 1. The van der Waals surface area contributed by atoms with E-state index in [-0.39, 0.29) is 24.8 Å². The quantitative estimate of drug-likeness (QED) is 0.598. The fourth-order valence-electron chi connectivity index (χ4n) is 2.35. The van der Waals surface area contributed by atoms with Gasteiger partial charge in [0, 0.05) is 18.8 Å². The van der Waals surface area contributed by atoms with E-state index >= 15 is 0 Å². The van der Waals surface area contributed by atoms with Crippen molar-refractivity contribution in [2.45, 2.75) is 38.1 Å². The molecular weight excluding hydrogens is 264 g/mol. The van der Waals surface area contributed by atoms with Crippen molar-refractivity contribution in [3.63, 3.8) is 0 Å². The Bertz CT molecular complexity index is 348. The Morgan fingerprint density at radius 2 is 2.32 bits per heavy atom. The van der Waals surface area contributed by atoms with Gasteiger partial charge in [-0.1, -0.05) is 6.42 Å². The highest BCUT2D eigenvalue weighted by Crippen LogP contribution is 2.11. The maximum Gasteiger partial charge on any atom is 0.204 e. The van der Waals surface area contributed by atoms with Crippen molar-refractivity contribution in [2.24, 2.45) is 0 Å². The fraction of sp³-hybridized carbons (Fsp3) is 0.643. The van der Waals surface area contributed by atoms with E-state index in [1.165, 1.54) is 19.3 Å². The number of aromatic nitrogens is 1. The van der Waals surface area contributed by atoms with Crippen LogP contribution in [0, 0.1) is 0 Å². The van der Waals surface area contributed by atoms with Crippen LogP contribution in [0.25, 0.3) is 0 Å². The number of carbonyl (C=O) groups is 1. The van der Waals surface area contributed by atoms with E-state index in [4.69, 9.17) is 4.74 Å². The molecule has 1 aromatic heterocycles. The molecule has 1 aromatic rings. The molecule has 0 radical (unpaired) electrons. The van der Waals surface area contributed by atoms with Crippen LogP contribution in [0.5, 0.6) is 0 Å². The summed E-state index contributed by atoms with van der Waals surface area (Å²) >= 11 is 0. The van der Waals surface area contributed by atoms with E-state index in [2.05, 4.69) is 10.3 Å². The summed E-state index contributed by atoms with van der Waals surface area (Å²) in [6.45, 7) is 2.00. The van der Waals surface area contributed by atoms with Gasteiger partial charge < -0.3 is 15.0 Å². The van der Waals surface area contributed by atoms with Crippen LogP contribution >= 0.6 is 12.4 Å². The van der Waals surface area contributed by atoms with Crippen LogP contribution in [-0.4, -0.2) is 36.6 Å². The Hall–Kier alpha value is -0.840. The van der Waals surface area contributed by atoms with Gasteiger partial charge in [0.05, 0.1) is 5.69 Å². The fourth-order valence-corrected chi connectivity index (χ4v) is 2.35. The second-order valence-corrected chi connectivity index (χ2v) is 4.85. The maximum atomic E-state index is 11.6. The van der Waals surface area contributed by atoms with Crippen LogP contribution in [-0.2, 0) is 4.74 Å².